The third-order valence-corrected chi connectivity index (χ3v) is 1.17. The van der Waals surface area contributed by atoms with Crippen LogP contribution in [0.3, 0.4) is 0 Å². The standard InChI is InChI=1S/C6H10O.C5H6O/c1-4-6(7)5(2)3;1-3-5(6)4-2/h4-5H,1H2,2-3H3;3-4H,1-2H2. The van der Waals surface area contributed by atoms with Crippen LogP contribution in [0, 0.1) is 5.92 Å². The lowest BCUT2D eigenvalue weighted by Crippen LogP contribution is -2.00. The summed E-state index contributed by atoms with van der Waals surface area (Å²) in [5.74, 6) is 0.0903. The number of carbonyl (C=O) groups excluding carboxylic acids is 2. The summed E-state index contributed by atoms with van der Waals surface area (Å²) in [5.41, 5.74) is 0. The molecule has 0 aromatic heterocycles. The highest BCUT2D eigenvalue weighted by Gasteiger charge is 1.98. The summed E-state index contributed by atoms with van der Waals surface area (Å²) in [7, 11) is 0. The fourth-order valence-electron chi connectivity index (χ4n) is 0.319. The molecule has 0 bridgehead atoms. The van der Waals surface area contributed by atoms with Crippen LogP contribution in [-0.4, -0.2) is 11.6 Å². The summed E-state index contributed by atoms with van der Waals surface area (Å²) in [6.45, 7) is 13.5. The van der Waals surface area contributed by atoms with E-state index >= 15 is 0 Å². The number of rotatable bonds is 4. The lowest BCUT2D eigenvalue weighted by Gasteiger charge is -1.92. The minimum absolute atomic E-state index is 0.109. The van der Waals surface area contributed by atoms with E-state index in [1.165, 1.54) is 18.2 Å². The molecule has 0 amide bonds. The third kappa shape index (κ3) is 10.6. The first kappa shape index (κ1) is 14.1. The topological polar surface area (TPSA) is 34.1 Å². The predicted octanol–water partition coefficient (Wildman–Crippen LogP) is 2.33. The fourth-order valence-corrected chi connectivity index (χ4v) is 0.319. The normalized spacial score (nSPS) is 7.92. The lowest BCUT2D eigenvalue weighted by atomic mass is 10.1. The molecule has 0 aliphatic heterocycles. The maximum atomic E-state index is 10.4. The van der Waals surface area contributed by atoms with Crippen molar-refractivity contribution in [3.63, 3.8) is 0 Å². The first-order chi connectivity index (χ1) is 5.99. The Morgan fingerprint density at radius 3 is 1.38 bits per heavy atom. The molecule has 0 saturated carbocycles. The van der Waals surface area contributed by atoms with E-state index in [4.69, 9.17) is 0 Å². The average Bonchev–Trinajstić information content (AvgIpc) is 2.16. The van der Waals surface area contributed by atoms with Crippen LogP contribution in [0.1, 0.15) is 13.8 Å². The highest BCUT2D eigenvalue weighted by atomic mass is 16.1. The van der Waals surface area contributed by atoms with Crippen LogP contribution in [0.25, 0.3) is 0 Å². The molecule has 72 valence electrons. The Morgan fingerprint density at radius 2 is 1.38 bits per heavy atom. The molecule has 0 heterocycles. The van der Waals surface area contributed by atoms with Crippen LogP contribution in [0.5, 0.6) is 0 Å². The first-order valence-corrected chi connectivity index (χ1v) is 3.94. The number of hydrogen-bond acceptors (Lipinski definition) is 2. The zero-order valence-electron chi connectivity index (χ0n) is 8.25. The molecule has 0 aliphatic rings. The Morgan fingerprint density at radius 1 is 1.00 bits per heavy atom. The zero-order valence-corrected chi connectivity index (χ0v) is 8.25. The molecule has 0 fully saturated rings. The van der Waals surface area contributed by atoms with E-state index in [9.17, 15) is 9.59 Å². The summed E-state index contributed by atoms with van der Waals surface area (Å²) < 4.78 is 0. The largest absolute Gasteiger partial charge is 0.295 e. The molecule has 2 nitrogen and oxygen atoms in total. The zero-order chi connectivity index (χ0) is 10.9. The predicted molar refractivity (Wildman–Crippen MR) is 55.4 cm³/mol. The molecule has 0 unspecified atom stereocenters. The van der Waals surface area contributed by atoms with Gasteiger partial charge < -0.3 is 0 Å². The van der Waals surface area contributed by atoms with E-state index in [2.05, 4.69) is 19.7 Å². The van der Waals surface area contributed by atoms with Gasteiger partial charge in [0.2, 0.25) is 0 Å². The molecule has 0 aromatic carbocycles. The van der Waals surface area contributed by atoms with Gasteiger partial charge in [0.1, 0.15) is 0 Å². The van der Waals surface area contributed by atoms with Gasteiger partial charge in [-0.2, -0.15) is 0 Å². The second-order valence-electron chi connectivity index (χ2n) is 2.57. The molecule has 2 heteroatoms. The summed E-state index contributed by atoms with van der Waals surface area (Å²) in [6, 6.07) is 0. The summed E-state index contributed by atoms with van der Waals surface area (Å²) in [6.07, 6.45) is 3.78. The number of ketones is 2. The smallest absolute Gasteiger partial charge is 0.177 e. The van der Waals surface area contributed by atoms with Crippen molar-refractivity contribution in [3.05, 3.63) is 38.0 Å². The van der Waals surface area contributed by atoms with Crippen LogP contribution in [-0.2, 0) is 9.59 Å². The molecule has 0 N–H and O–H groups in total. The van der Waals surface area contributed by atoms with Crippen LogP contribution in [0.4, 0.5) is 0 Å². The van der Waals surface area contributed by atoms with Crippen molar-refractivity contribution in [2.45, 2.75) is 13.8 Å². The summed E-state index contributed by atoms with van der Waals surface area (Å²) in [5, 5.41) is 0. The summed E-state index contributed by atoms with van der Waals surface area (Å²) in [4.78, 5) is 20.3. The van der Waals surface area contributed by atoms with Gasteiger partial charge >= 0.3 is 0 Å². The monoisotopic (exact) mass is 180 g/mol. The van der Waals surface area contributed by atoms with Gasteiger partial charge in [0.05, 0.1) is 0 Å². The maximum Gasteiger partial charge on any atom is 0.177 e. The number of allylic oxidation sites excluding steroid dienone is 3. The Hall–Kier alpha value is -1.44. The quantitative estimate of drug-likeness (QED) is 0.622. The number of carbonyl (C=O) groups is 2. The van der Waals surface area contributed by atoms with Crippen molar-refractivity contribution >= 4 is 11.6 Å². The van der Waals surface area contributed by atoms with E-state index in [1.54, 1.807) is 0 Å². The van der Waals surface area contributed by atoms with Gasteiger partial charge in [0.25, 0.3) is 0 Å². The molecule has 0 spiro atoms. The van der Waals surface area contributed by atoms with Crippen molar-refractivity contribution in [3.8, 4) is 0 Å². The van der Waals surface area contributed by atoms with Crippen molar-refractivity contribution < 1.29 is 9.59 Å². The first-order valence-electron chi connectivity index (χ1n) is 3.94. The Kier molecular flexibility index (Phi) is 9.39. The van der Waals surface area contributed by atoms with Crippen LogP contribution in [0.15, 0.2) is 38.0 Å². The minimum atomic E-state index is -0.130. The molecular weight excluding hydrogens is 164 g/mol. The highest BCUT2D eigenvalue weighted by molar-refractivity contribution is 5.98. The van der Waals surface area contributed by atoms with Crippen molar-refractivity contribution in [1.29, 1.82) is 0 Å². The van der Waals surface area contributed by atoms with Gasteiger partial charge in [-0.1, -0.05) is 33.6 Å². The highest BCUT2D eigenvalue weighted by Crippen LogP contribution is 1.92. The van der Waals surface area contributed by atoms with Crippen molar-refractivity contribution in [2.75, 3.05) is 0 Å². The number of hydrogen-bond donors (Lipinski definition) is 0. The maximum absolute atomic E-state index is 10.4. The van der Waals surface area contributed by atoms with E-state index in [1.807, 2.05) is 13.8 Å². The third-order valence-electron chi connectivity index (χ3n) is 1.17. The molecule has 0 rings (SSSR count). The fraction of sp³-hybridized carbons (Fsp3) is 0.273. The molecule has 0 radical (unpaired) electrons. The van der Waals surface area contributed by atoms with E-state index in [0.29, 0.717) is 0 Å². The Balaban J connectivity index is 0. The van der Waals surface area contributed by atoms with E-state index in [-0.39, 0.29) is 17.5 Å². The lowest BCUT2D eigenvalue weighted by molar-refractivity contribution is -0.117. The Labute approximate surface area is 79.6 Å². The second-order valence-corrected chi connectivity index (χ2v) is 2.57. The van der Waals surface area contributed by atoms with Crippen molar-refractivity contribution in [1.82, 2.24) is 0 Å². The van der Waals surface area contributed by atoms with E-state index < -0.39 is 0 Å². The molecule has 0 aromatic rings. The van der Waals surface area contributed by atoms with Gasteiger partial charge in [-0.05, 0) is 18.2 Å². The van der Waals surface area contributed by atoms with Gasteiger partial charge in [-0.3, -0.25) is 9.59 Å². The minimum Gasteiger partial charge on any atom is -0.295 e. The Bertz CT molecular complexity index is 202. The molecular formula is C11H16O2. The van der Waals surface area contributed by atoms with Gasteiger partial charge in [0, 0.05) is 5.92 Å². The van der Waals surface area contributed by atoms with Crippen molar-refractivity contribution in [2.24, 2.45) is 5.92 Å². The molecule has 0 aliphatic carbocycles. The molecule has 0 atom stereocenters. The van der Waals surface area contributed by atoms with Gasteiger partial charge in [-0.25, -0.2) is 0 Å². The van der Waals surface area contributed by atoms with Gasteiger partial charge in [-0.15, -0.1) is 0 Å². The molecule has 0 saturated heterocycles. The van der Waals surface area contributed by atoms with Crippen LogP contribution < -0.4 is 0 Å². The average molecular weight is 180 g/mol. The van der Waals surface area contributed by atoms with Crippen LogP contribution >= 0.6 is 0 Å². The van der Waals surface area contributed by atoms with Gasteiger partial charge in [0.15, 0.2) is 11.6 Å². The second kappa shape index (κ2) is 8.65. The molecule has 13 heavy (non-hydrogen) atoms. The van der Waals surface area contributed by atoms with E-state index in [0.717, 1.165) is 0 Å². The van der Waals surface area contributed by atoms with Crippen LogP contribution in [0.2, 0.25) is 0 Å². The SMILES string of the molecule is C=CC(=O)C(C)C.C=CC(=O)C=C. The summed E-state index contributed by atoms with van der Waals surface area (Å²) >= 11 is 0.